The van der Waals surface area contributed by atoms with Gasteiger partial charge in [-0.25, -0.2) is 0 Å². The van der Waals surface area contributed by atoms with Gasteiger partial charge in [-0.2, -0.15) is 0 Å². The molecule has 0 spiro atoms. The Hall–Kier alpha value is -2.21. The zero-order chi connectivity index (χ0) is 18.9. The van der Waals surface area contributed by atoms with Gasteiger partial charge in [-0.15, -0.1) is 0 Å². The first-order valence-electron chi connectivity index (χ1n) is 8.80. The van der Waals surface area contributed by atoms with Gasteiger partial charge in [0.05, 0.1) is 14.2 Å². The summed E-state index contributed by atoms with van der Waals surface area (Å²) >= 11 is 5.78. The summed E-state index contributed by atoms with van der Waals surface area (Å²) in [6, 6.07) is 10.1. The first-order valence-corrected chi connectivity index (χ1v) is 9.20. The Balaban J connectivity index is 2.09. The van der Waals surface area contributed by atoms with E-state index in [0.717, 1.165) is 35.3 Å². The van der Waals surface area contributed by atoms with E-state index < -0.39 is 0 Å². The van der Waals surface area contributed by atoms with Crippen LogP contribution in [0.1, 0.15) is 38.1 Å². The lowest BCUT2D eigenvalue weighted by atomic mass is 9.98. The number of hydrogen-bond donors (Lipinski definition) is 1. The molecule has 1 unspecified atom stereocenters. The summed E-state index contributed by atoms with van der Waals surface area (Å²) in [4.78, 5) is 2.24. The fourth-order valence-corrected chi connectivity index (χ4v) is 3.88. The van der Waals surface area contributed by atoms with Crippen molar-refractivity contribution in [2.75, 3.05) is 20.8 Å². The molecule has 3 rings (SSSR count). The molecule has 2 aromatic rings. The Morgan fingerprint density at radius 3 is 2.58 bits per heavy atom. The predicted molar refractivity (Wildman–Crippen MR) is 108 cm³/mol. The second kappa shape index (κ2) is 7.19. The molecule has 0 saturated heterocycles. The average Bonchev–Trinajstić information content (AvgIpc) is 3.07. The van der Waals surface area contributed by atoms with Crippen molar-refractivity contribution in [3.05, 3.63) is 47.8 Å². The van der Waals surface area contributed by atoms with Crippen molar-refractivity contribution in [3.63, 3.8) is 0 Å². The van der Waals surface area contributed by atoms with E-state index in [0.29, 0.717) is 0 Å². The molecule has 1 aliphatic heterocycles. The SMILES string of the molecule is COc1ccc(OC)c(C2c3cccn3CCN2C(=S)NC(C)(C)C)c1. The fourth-order valence-electron chi connectivity index (χ4n) is 3.38. The van der Waals surface area contributed by atoms with Crippen LogP contribution in [0.5, 0.6) is 11.5 Å². The van der Waals surface area contributed by atoms with E-state index in [-0.39, 0.29) is 11.6 Å². The zero-order valence-electron chi connectivity index (χ0n) is 16.1. The van der Waals surface area contributed by atoms with Gasteiger partial charge in [0.15, 0.2) is 5.11 Å². The lowest BCUT2D eigenvalue weighted by molar-refractivity contribution is 0.271. The first kappa shape index (κ1) is 18.6. The third-order valence-corrected chi connectivity index (χ3v) is 4.85. The highest BCUT2D eigenvalue weighted by molar-refractivity contribution is 7.80. The second-order valence-corrected chi connectivity index (χ2v) is 7.90. The van der Waals surface area contributed by atoms with Crippen LogP contribution in [-0.4, -0.2) is 40.9 Å². The summed E-state index contributed by atoms with van der Waals surface area (Å²) in [7, 11) is 3.38. The monoisotopic (exact) mass is 373 g/mol. The third-order valence-electron chi connectivity index (χ3n) is 4.51. The molecule has 5 nitrogen and oxygen atoms in total. The summed E-state index contributed by atoms with van der Waals surface area (Å²) in [6.45, 7) is 8.08. The van der Waals surface area contributed by atoms with E-state index in [1.165, 1.54) is 5.69 Å². The maximum Gasteiger partial charge on any atom is 0.170 e. The molecule has 140 valence electrons. The summed E-state index contributed by atoms with van der Waals surface area (Å²) < 4.78 is 13.4. The molecule has 0 aliphatic carbocycles. The van der Waals surface area contributed by atoms with E-state index in [4.69, 9.17) is 21.7 Å². The number of benzene rings is 1. The topological polar surface area (TPSA) is 38.7 Å². The Kier molecular flexibility index (Phi) is 5.14. The number of fused-ring (bicyclic) bond motifs is 1. The van der Waals surface area contributed by atoms with E-state index in [9.17, 15) is 0 Å². The van der Waals surface area contributed by atoms with Crippen LogP contribution in [0.15, 0.2) is 36.5 Å². The molecule has 1 aromatic carbocycles. The van der Waals surface area contributed by atoms with Gasteiger partial charge in [0.1, 0.15) is 17.5 Å². The van der Waals surface area contributed by atoms with Crippen molar-refractivity contribution in [2.45, 2.75) is 38.9 Å². The van der Waals surface area contributed by atoms with Crippen LogP contribution in [0.25, 0.3) is 0 Å². The number of thiocarbonyl (C=S) groups is 1. The van der Waals surface area contributed by atoms with E-state index >= 15 is 0 Å². The summed E-state index contributed by atoms with van der Waals surface area (Å²) in [5.74, 6) is 1.63. The van der Waals surface area contributed by atoms with Gasteiger partial charge >= 0.3 is 0 Å². The van der Waals surface area contributed by atoms with Crippen molar-refractivity contribution in [1.29, 1.82) is 0 Å². The molecule has 1 atom stereocenters. The molecule has 0 saturated carbocycles. The average molecular weight is 374 g/mol. The van der Waals surface area contributed by atoms with E-state index in [1.54, 1.807) is 14.2 Å². The molecule has 0 fully saturated rings. The summed E-state index contributed by atoms with van der Waals surface area (Å²) in [5.41, 5.74) is 2.14. The van der Waals surface area contributed by atoms with Crippen molar-refractivity contribution < 1.29 is 9.47 Å². The van der Waals surface area contributed by atoms with Crippen molar-refractivity contribution in [3.8, 4) is 11.5 Å². The first-order chi connectivity index (χ1) is 12.3. The number of hydrogen-bond acceptors (Lipinski definition) is 3. The standard InChI is InChI=1S/C20H27N3O2S/c1-20(2,3)21-19(26)23-12-11-22-10-6-7-16(22)18(23)15-13-14(24-4)8-9-17(15)25-5/h6-10,13,18H,11-12H2,1-5H3,(H,21,26). The van der Waals surface area contributed by atoms with E-state index in [1.807, 2.05) is 18.2 Å². The molecular formula is C20H27N3O2S. The minimum Gasteiger partial charge on any atom is -0.497 e. The Bertz CT molecular complexity index is 795. The fraction of sp³-hybridized carbons (Fsp3) is 0.450. The maximum atomic E-state index is 5.78. The number of rotatable bonds is 3. The maximum absolute atomic E-state index is 5.78. The van der Waals surface area contributed by atoms with Crippen LogP contribution in [-0.2, 0) is 6.54 Å². The molecule has 2 heterocycles. The van der Waals surface area contributed by atoms with Crippen LogP contribution < -0.4 is 14.8 Å². The van der Waals surface area contributed by atoms with E-state index in [2.05, 4.69) is 53.9 Å². The number of nitrogens with one attached hydrogen (secondary N) is 1. The van der Waals surface area contributed by atoms with Gasteiger partial charge in [0.2, 0.25) is 0 Å². The highest BCUT2D eigenvalue weighted by Gasteiger charge is 2.33. The van der Waals surface area contributed by atoms with Crippen molar-refractivity contribution >= 4 is 17.3 Å². The number of ether oxygens (including phenoxy) is 2. The third kappa shape index (κ3) is 3.65. The number of nitrogens with zero attached hydrogens (tertiary/aromatic N) is 2. The van der Waals surface area contributed by atoms with Crippen LogP contribution in [0.3, 0.4) is 0 Å². The van der Waals surface area contributed by atoms with Gasteiger partial charge in [-0.3, -0.25) is 0 Å². The number of aromatic nitrogens is 1. The largest absolute Gasteiger partial charge is 0.497 e. The van der Waals surface area contributed by atoms with Gasteiger partial charge in [-0.1, -0.05) is 0 Å². The normalized spacial score (nSPS) is 16.8. The zero-order valence-corrected chi connectivity index (χ0v) is 16.9. The molecule has 1 aromatic heterocycles. The molecule has 1 N–H and O–H groups in total. The van der Waals surface area contributed by atoms with Crippen LogP contribution >= 0.6 is 12.2 Å². The van der Waals surface area contributed by atoms with Crippen LogP contribution in [0.2, 0.25) is 0 Å². The Morgan fingerprint density at radius 1 is 1.15 bits per heavy atom. The van der Waals surface area contributed by atoms with Crippen LogP contribution in [0, 0.1) is 0 Å². The predicted octanol–water partition coefficient (Wildman–Crippen LogP) is 3.58. The quantitative estimate of drug-likeness (QED) is 0.833. The van der Waals surface area contributed by atoms with Gasteiger partial charge in [-0.05, 0) is 63.3 Å². The second-order valence-electron chi connectivity index (χ2n) is 7.51. The highest BCUT2D eigenvalue weighted by Crippen LogP contribution is 2.39. The molecular weight excluding hydrogens is 346 g/mol. The van der Waals surface area contributed by atoms with Gasteiger partial charge < -0.3 is 24.3 Å². The minimum atomic E-state index is -0.0977. The van der Waals surface area contributed by atoms with Gasteiger partial charge in [0.25, 0.3) is 0 Å². The lowest BCUT2D eigenvalue weighted by Crippen LogP contribution is -2.52. The van der Waals surface area contributed by atoms with Gasteiger partial charge in [0, 0.05) is 36.1 Å². The summed E-state index contributed by atoms with van der Waals surface area (Å²) in [6.07, 6.45) is 2.12. The highest BCUT2D eigenvalue weighted by atomic mass is 32.1. The molecule has 26 heavy (non-hydrogen) atoms. The molecule has 0 radical (unpaired) electrons. The molecule has 1 aliphatic rings. The lowest BCUT2D eigenvalue weighted by Gasteiger charge is -2.41. The Labute approximate surface area is 160 Å². The smallest absolute Gasteiger partial charge is 0.170 e. The molecule has 0 bridgehead atoms. The van der Waals surface area contributed by atoms with Crippen molar-refractivity contribution in [2.24, 2.45) is 0 Å². The number of methoxy groups -OCH3 is 2. The molecule has 6 heteroatoms. The van der Waals surface area contributed by atoms with Crippen LogP contribution in [0.4, 0.5) is 0 Å². The molecule has 0 amide bonds. The minimum absolute atomic E-state index is 0.0360. The van der Waals surface area contributed by atoms with Crippen molar-refractivity contribution in [1.82, 2.24) is 14.8 Å². The Morgan fingerprint density at radius 2 is 1.92 bits per heavy atom. The summed E-state index contributed by atoms with van der Waals surface area (Å²) in [5, 5.41) is 4.20.